The molecule has 1 aromatic carbocycles. The van der Waals surface area contributed by atoms with E-state index in [2.05, 4.69) is 5.32 Å². The number of hydrogen-bond donors (Lipinski definition) is 2. The molecular weight excluding hydrogens is 183 g/mol. The molecule has 4 heteroatoms. The van der Waals surface area contributed by atoms with E-state index in [-0.39, 0.29) is 18.3 Å². The third kappa shape index (κ3) is 2.81. The third-order valence-electron chi connectivity index (χ3n) is 1.82. The van der Waals surface area contributed by atoms with Crippen LogP contribution in [0.15, 0.2) is 24.3 Å². The highest BCUT2D eigenvalue weighted by atomic mass is 19.1. The molecule has 0 aromatic heterocycles. The van der Waals surface area contributed by atoms with E-state index in [9.17, 15) is 9.18 Å². The van der Waals surface area contributed by atoms with Gasteiger partial charge in [-0.2, -0.15) is 0 Å². The molecule has 14 heavy (non-hydrogen) atoms. The summed E-state index contributed by atoms with van der Waals surface area (Å²) in [7, 11) is 0. The number of carbonyl (C=O) groups is 1. The maximum absolute atomic E-state index is 13.1. The smallest absolute Gasteiger partial charge is 0.236 e. The van der Waals surface area contributed by atoms with Gasteiger partial charge in [0, 0.05) is 12.1 Å². The summed E-state index contributed by atoms with van der Waals surface area (Å²) < 4.78 is 13.1. The number of carbonyl (C=O) groups excluding carboxylic acids is 1. The van der Waals surface area contributed by atoms with Gasteiger partial charge >= 0.3 is 0 Å². The van der Waals surface area contributed by atoms with Gasteiger partial charge in [-0.3, -0.25) is 4.79 Å². The highest BCUT2D eigenvalue weighted by molar-refractivity contribution is 5.80. The largest absolute Gasteiger partial charge is 0.351 e. The highest BCUT2D eigenvalue weighted by Gasteiger charge is 2.07. The number of hydrogen-bond acceptors (Lipinski definition) is 2. The normalized spacial score (nSPS) is 12.2. The van der Waals surface area contributed by atoms with E-state index in [1.165, 1.54) is 6.07 Å². The van der Waals surface area contributed by atoms with Crippen LogP contribution in [-0.4, -0.2) is 11.9 Å². The van der Waals surface area contributed by atoms with Crippen molar-refractivity contribution in [3.05, 3.63) is 35.6 Å². The topological polar surface area (TPSA) is 55.1 Å². The summed E-state index contributed by atoms with van der Waals surface area (Å²) in [5.41, 5.74) is 5.79. The van der Waals surface area contributed by atoms with Crippen LogP contribution in [0, 0.1) is 5.82 Å². The molecule has 3 nitrogen and oxygen atoms in total. The highest BCUT2D eigenvalue weighted by Crippen LogP contribution is 2.05. The van der Waals surface area contributed by atoms with Crippen LogP contribution in [0.3, 0.4) is 0 Å². The monoisotopic (exact) mass is 196 g/mol. The van der Waals surface area contributed by atoms with Crippen molar-refractivity contribution in [3.63, 3.8) is 0 Å². The van der Waals surface area contributed by atoms with E-state index in [4.69, 9.17) is 5.73 Å². The summed E-state index contributed by atoms with van der Waals surface area (Å²) in [6.45, 7) is 1.75. The van der Waals surface area contributed by atoms with Crippen LogP contribution >= 0.6 is 0 Å². The molecule has 0 spiro atoms. The molecule has 0 aliphatic rings. The van der Waals surface area contributed by atoms with E-state index < -0.39 is 6.04 Å². The van der Waals surface area contributed by atoms with Gasteiger partial charge in [0.1, 0.15) is 5.82 Å². The lowest BCUT2D eigenvalue weighted by Gasteiger charge is -2.07. The molecule has 0 aliphatic carbocycles. The molecule has 0 fully saturated rings. The fraction of sp³-hybridized carbons (Fsp3) is 0.300. The van der Waals surface area contributed by atoms with Crippen molar-refractivity contribution in [3.8, 4) is 0 Å². The van der Waals surface area contributed by atoms with Crippen molar-refractivity contribution in [1.29, 1.82) is 0 Å². The van der Waals surface area contributed by atoms with Gasteiger partial charge in [0.15, 0.2) is 0 Å². The standard InChI is InChI=1S/C10H13FN2O/c1-7(12)10(14)13-6-8-4-2-3-5-9(8)11/h2-5,7H,6,12H2,1H3,(H,13,14)/t7-/m1/s1. The summed E-state index contributed by atoms with van der Waals surface area (Å²) >= 11 is 0. The molecule has 1 rings (SSSR count). The first-order valence-electron chi connectivity index (χ1n) is 4.38. The van der Waals surface area contributed by atoms with Crippen molar-refractivity contribution in [2.45, 2.75) is 19.5 Å². The second-order valence-electron chi connectivity index (χ2n) is 3.10. The Balaban J connectivity index is 2.54. The average molecular weight is 196 g/mol. The van der Waals surface area contributed by atoms with Crippen molar-refractivity contribution < 1.29 is 9.18 Å². The molecule has 0 saturated carbocycles. The van der Waals surface area contributed by atoms with E-state index in [0.717, 1.165) is 0 Å². The van der Waals surface area contributed by atoms with Crippen LogP contribution in [0.5, 0.6) is 0 Å². The number of amides is 1. The fourth-order valence-corrected chi connectivity index (χ4v) is 0.985. The minimum Gasteiger partial charge on any atom is -0.351 e. The maximum atomic E-state index is 13.1. The molecular formula is C10H13FN2O. The maximum Gasteiger partial charge on any atom is 0.236 e. The quantitative estimate of drug-likeness (QED) is 0.751. The molecule has 1 atom stereocenters. The second kappa shape index (κ2) is 4.72. The molecule has 3 N–H and O–H groups in total. The van der Waals surface area contributed by atoms with Crippen LogP contribution in [-0.2, 0) is 11.3 Å². The Bertz CT molecular complexity index is 326. The Kier molecular flexibility index (Phi) is 3.59. The zero-order chi connectivity index (χ0) is 10.6. The van der Waals surface area contributed by atoms with Crippen molar-refractivity contribution in [1.82, 2.24) is 5.32 Å². The van der Waals surface area contributed by atoms with Crippen LogP contribution in [0.25, 0.3) is 0 Å². The van der Waals surface area contributed by atoms with Gasteiger partial charge in [0.05, 0.1) is 6.04 Å². The number of nitrogens with one attached hydrogen (secondary N) is 1. The van der Waals surface area contributed by atoms with Crippen LogP contribution in [0.4, 0.5) is 4.39 Å². The minimum atomic E-state index is -0.568. The number of nitrogens with two attached hydrogens (primary N) is 1. The molecule has 0 bridgehead atoms. The molecule has 1 amide bonds. The average Bonchev–Trinajstić information content (AvgIpc) is 2.16. The van der Waals surface area contributed by atoms with E-state index in [1.54, 1.807) is 25.1 Å². The zero-order valence-electron chi connectivity index (χ0n) is 7.96. The molecule has 1 aromatic rings. The molecule has 0 heterocycles. The van der Waals surface area contributed by atoms with E-state index >= 15 is 0 Å². The van der Waals surface area contributed by atoms with Gasteiger partial charge in [-0.15, -0.1) is 0 Å². The van der Waals surface area contributed by atoms with Gasteiger partial charge in [-0.25, -0.2) is 4.39 Å². The van der Waals surface area contributed by atoms with Crippen LogP contribution in [0.1, 0.15) is 12.5 Å². The first-order valence-corrected chi connectivity index (χ1v) is 4.38. The van der Waals surface area contributed by atoms with E-state index in [0.29, 0.717) is 5.56 Å². The number of halogens is 1. The lowest BCUT2D eigenvalue weighted by atomic mass is 10.2. The summed E-state index contributed by atoms with van der Waals surface area (Å²) in [5, 5.41) is 2.54. The van der Waals surface area contributed by atoms with E-state index in [1.807, 2.05) is 0 Å². The first-order chi connectivity index (χ1) is 6.61. The Morgan fingerprint density at radius 1 is 1.57 bits per heavy atom. The van der Waals surface area contributed by atoms with Crippen molar-refractivity contribution in [2.75, 3.05) is 0 Å². The lowest BCUT2D eigenvalue weighted by Crippen LogP contribution is -2.37. The Labute approximate surface area is 82.1 Å². The third-order valence-corrected chi connectivity index (χ3v) is 1.82. The predicted molar refractivity (Wildman–Crippen MR) is 51.9 cm³/mol. The summed E-state index contributed by atoms with van der Waals surface area (Å²) in [6.07, 6.45) is 0. The Morgan fingerprint density at radius 3 is 2.79 bits per heavy atom. The van der Waals surface area contributed by atoms with Gasteiger partial charge < -0.3 is 11.1 Å². The van der Waals surface area contributed by atoms with Crippen molar-refractivity contribution in [2.24, 2.45) is 5.73 Å². The predicted octanol–water partition coefficient (Wildman–Crippen LogP) is 0.789. The van der Waals surface area contributed by atoms with Gasteiger partial charge in [-0.05, 0) is 13.0 Å². The summed E-state index contributed by atoms with van der Waals surface area (Å²) in [6, 6.07) is 5.73. The zero-order valence-corrected chi connectivity index (χ0v) is 7.96. The molecule has 0 saturated heterocycles. The molecule has 76 valence electrons. The molecule has 0 aliphatic heterocycles. The van der Waals surface area contributed by atoms with Crippen LogP contribution in [0.2, 0.25) is 0 Å². The first kappa shape index (κ1) is 10.7. The van der Waals surface area contributed by atoms with Gasteiger partial charge in [0.2, 0.25) is 5.91 Å². The Morgan fingerprint density at radius 2 is 2.21 bits per heavy atom. The lowest BCUT2D eigenvalue weighted by molar-refractivity contribution is -0.122. The number of benzene rings is 1. The molecule has 0 unspecified atom stereocenters. The SMILES string of the molecule is C[C@@H](N)C(=O)NCc1ccccc1F. The van der Waals surface area contributed by atoms with Crippen LogP contribution < -0.4 is 11.1 Å². The van der Waals surface area contributed by atoms with Gasteiger partial charge in [-0.1, -0.05) is 18.2 Å². The fourth-order valence-electron chi connectivity index (χ4n) is 0.985. The minimum absolute atomic E-state index is 0.174. The Hall–Kier alpha value is -1.42. The molecule has 0 radical (unpaired) electrons. The summed E-state index contributed by atoms with van der Waals surface area (Å²) in [5.74, 6) is -0.606. The number of rotatable bonds is 3. The second-order valence-corrected chi connectivity index (χ2v) is 3.10. The van der Waals surface area contributed by atoms with Crippen molar-refractivity contribution >= 4 is 5.91 Å². The summed E-state index contributed by atoms with van der Waals surface area (Å²) in [4.78, 5) is 11.1. The van der Waals surface area contributed by atoms with Gasteiger partial charge in [0.25, 0.3) is 0 Å².